The maximum absolute atomic E-state index is 11.8. The van der Waals surface area contributed by atoms with E-state index >= 15 is 0 Å². The fourth-order valence-corrected chi connectivity index (χ4v) is 2.43. The molecule has 2 aliphatic rings. The Balaban J connectivity index is 1.75. The molecule has 0 saturated carbocycles. The number of benzene rings is 1. The number of amides is 6. The first kappa shape index (κ1) is 14.1. The Bertz CT molecular complexity index is 598. The maximum atomic E-state index is 11.8. The van der Waals surface area contributed by atoms with Crippen molar-refractivity contribution < 1.29 is 19.2 Å². The van der Waals surface area contributed by atoms with Gasteiger partial charge in [0, 0.05) is 37.3 Å². The van der Waals surface area contributed by atoms with Crippen LogP contribution in [0, 0.1) is 0 Å². The van der Waals surface area contributed by atoms with Crippen LogP contribution in [-0.2, 0) is 9.59 Å². The summed E-state index contributed by atoms with van der Waals surface area (Å²) in [5.74, 6) is -0.569. The van der Waals surface area contributed by atoms with E-state index in [1.165, 1.54) is 9.80 Å². The Morgan fingerprint density at radius 1 is 0.682 bits per heavy atom. The van der Waals surface area contributed by atoms with E-state index in [1.54, 1.807) is 24.3 Å². The second kappa shape index (κ2) is 5.47. The quantitative estimate of drug-likeness (QED) is 0.834. The van der Waals surface area contributed by atoms with Crippen LogP contribution in [0.5, 0.6) is 0 Å². The van der Waals surface area contributed by atoms with Crippen LogP contribution < -0.4 is 20.4 Å². The maximum Gasteiger partial charge on any atom is 0.328 e. The minimum absolute atomic E-state index is 0.254. The predicted octanol–water partition coefficient (Wildman–Crippen LogP) is 0.579. The monoisotopic (exact) mass is 302 g/mol. The third-order valence-electron chi connectivity index (χ3n) is 3.58. The Labute approximate surface area is 126 Å². The van der Waals surface area contributed by atoms with E-state index in [0.29, 0.717) is 24.5 Å². The molecular formula is C14H14N4O4. The van der Waals surface area contributed by atoms with Gasteiger partial charge in [0.15, 0.2) is 0 Å². The fourth-order valence-electron chi connectivity index (χ4n) is 2.43. The van der Waals surface area contributed by atoms with Gasteiger partial charge in [0.2, 0.25) is 11.8 Å². The molecule has 2 saturated heterocycles. The first-order valence-electron chi connectivity index (χ1n) is 6.87. The van der Waals surface area contributed by atoms with Gasteiger partial charge in [-0.25, -0.2) is 9.59 Å². The average molecular weight is 302 g/mol. The lowest BCUT2D eigenvalue weighted by atomic mass is 10.2. The number of urea groups is 2. The van der Waals surface area contributed by atoms with Gasteiger partial charge in [-0.2, -0.15) is 0 Å². The van der Waals surface area contributed by atoms with Crippen LogP contribution in [0.25, 0.3) is 0 Å². The highest BCUT2D eigenvalue weighted by Crippen LogP contribution is 2.23. The zero-order chi connectivity index (χ0) is 15.7. The smallest absolute Gasteiger partial charge is 0.294 e. The number of rotatable bonds is 2. The van der Waals surface area contributed by atoms with Crippen molar-refractivity contribution in [1.82, 2.24) is 10.6 Å². The van der Waals surface area contributed by atoms with E-state index in [9.17, 15) is 19.2 Å². The molecule has 0 bridgehead atoms. The fraction of sp³-hybridized carbons (Fsp3) is 0.286. The number of hydrogen-bond donors (Lipinski definition) is 2. The average Bonchev–Trinajstić information content (AvgIpc) is 2.48. The normalized spacial score (nSPS) is 19.1. The molecule has 2 fully saturated rings. The van der Waals surface area contributed by atoms with Crippen molar-refractivity contribution >= 4 is 35.3 Å². The van der Waals surface area contributed by atoms with Gasteiger partial charge in [-0.3, -0.25) is 30.0 Å². The predicted molar refractivity (Wildman–Crippen MR) is 77.4 cm³/mol. The molecule has 1 aromatic rings. The number of nitrogens with one attached hydrogen (secondary N) is 2. The van der Waals surface area contributed by atoms with Gasteiger partial charge in [-0.15, -0.1) is 0 Å². The molecule has 0 radical (unpaired) electrons. The number of imide groups is 2. The van der Waals surface area contributed by atoms with Crippen LogP contribution in [-0.4, -0.2) is 37.0 Å². The summed E-state index contributed by atoms with van der Waals surface area (Å²) in [6.45, 7) is 0.644. The van der Waals surface area contributed by atoms with E-state index in [0.717, 1.165) is 0 Å². The third-order valence-corrected chi connectivity index (χ3v) is 3.58. The van der Waals surface area contributed by atoms with Crippen molar-refractivity contribution in [1.29, 1.82) is 0 Å². The lowest BCUT2D eigenvalue weighted by Gasteiger charge is -2.29. The summed E-state index contributed by atoms with van der Waals surface area (Å²) < 4.78 is 0. The van der Waals surface area contributed by atoms with Crippen molar-refractivity contribution in [2.24, 2.45) is 0 Å². The molecule has 2 N–H and O–H groups in total. The van der Waals surface area contributed by atoms with E-state index in [-0.39, 0.29) is 24.7 Å². The SMILES string of the molecule is O=C1CCN(c2ccc(N3CCC(=O)NC3=O)cc2)C(=O)N1. The molecule has 114 valence electrons. The van der Waals surface area contributed by atoms with E-state index in [2.05, 4.69) is 10.6 Å². The van der Waals surface area contributed by atoms with Crippen molar-refractivity contribution in [3.8, 4) is 0 Å². The summed E-state index contributed by atoms with van der Waals surface area (Å²) in [7, 11) is 0. The largest absolute Gasteiger partial charge is 0.328 e. The van der Waals surface area contributed by atoms with Gasteiger partial charge in [0.05, 0.1) is 0 Å². The molecule has 8 nitrogen and oxygen atoms in total. The Kier molecular flexibility index (Phi) is 3.50. The molecule has 0 aliphatic carbocycles. The number of hydrogen-bond acceptors (Lipinski definition) is 4. The van der Waals surface area contributed by atoms with Gasteiger partial charge in [-0.05, 0) is 24.3 Å². The van der Waals surface area contributed by atoms with Gasteiger partial charge < -0.3 is 0 Å². The highest BCUT2D eigenvalue weighted by Gasteiger charge is 2.26. The topological polar surface area (TPSA) is 98.8 Å². The molecule has 2 aliphatic heterocycles. The molecule has 1 aromatic carbocycles. The molecule has 0 atom stereocenters. The Hall–Kier alpha value is -2.90. The van der Waals surface area contributed by atoms with Crippen molar-refractivity contribution in [3.63, 3.8) is 0 Å². The lowest BCUT2D eigenvalue weighted by Crippen LogP contribution is -2.50. The van der Waals surface area contributed by atoms with Crippen LogP contribution in [0.3, 0.4) is 0 Å². The summed E-state index contributed by atoms with van der Waals surface area (Å²) in [6, 6.07) is 5.90. The van der Waals surface area contributed by atoms with Gasteiger partial charge in [0.25, 0.3) is 0 Å². The summed E-state index contributed by atoms with van der Waals surface area (Å²) >= 11 is 0. The molecule has 3 rings (SSSR count). The van der Waals surface area contributed by atoms with Gasteiger partial charge in [0.1, 0.15) is 0 Å². The molecule has 0 unspecified atom stereocenters. The van der Waals surface area contributed by atoms with Gasteiger partial charge in [-0.1, -0.05) is 0 Å². The van der Waals surface area contributed by atoms with E-state index in [4.69, 9.17) is 0 Å². The van der Waals surface area contributed by atoms with E-state index < -0.39 is 12.1 Å². The minimum Gasteiger partial charge on any atom is -0.294 e. The van der Waals surface area contributed by atoms with Crippen LogP contribution in [0.2, 0.25) is 0 Å². The van der Waals surface area contributed by atoms with Gasteiger partial charge >= 0.3 is 12.1 Å². The summed E-state index contributed by atoms with van der Waals surface area (Å²) in [5, 5.41) is 4.51. The lowest BCUT2D eigenvalue weighted by molar-refractivity contribution is -0.121. The highest BCUT2D eigenvalue weighted by atomic mass is 16.2. The minimum atomic E-state index is -0.453. The molecule has 22 heavy (non-hydrogen) atoms. The summed E-state index contributed by atoms with van der Waals surface area (Å²) in [5.41, 5.74) is 1.28. The zero-order valence-electron chi connectivity index (χ0n) is 11.7. The number of carbonyl (C=O) groups is 4. The van der Waals surface area contributed by atoms with Crippen LogP contribution >= 0.6 is 0 Å². The van der Waals surface area contributed by atoms with Crippen molar-refractivity contribution in [3.05, 3.63) is 24.3 Å². The second-order valence-corrected chi connectivity index (χ2v) is 5.03. The van der Waals surface area contributed by atoms with Crippen LogP contribution in [0.1, 0.15) is 12.8 Å². The standard InChI is InChI=1S/C14H14N4O4/c19-11-5-7-17(13(21)15-11)9-1-2-10(4-3-9)18-8-6-12(20)16-14(18)22/h1-4H,5-8H2,(H,15,19,21)(H,16,20,22). The van der Waals surface area contributed by atoms with Crippen molar-refractivity contribution in [2.45, 2.75) is 12.8 Å². The van der Waals surface area contributed by atoms with Crippen LogP contribution in [0.15, 0.2) is 24.3 Å². The molecule has 8 heteroatoms. The first-order valence-corrected chi connectivity index (χ1v) is 6.87. The third kappa shape index (κ3) is 2.62. The Morgan fingerprint density at radius 3 is 1.36 bits per heavy atom. The molecular weight excluding hydrogens is 288 g/mol. The molecule has 0 spiro atoms. The Morgan fingerprint density at radius 2 is 1.05 bits per heavy atom. The molecule has 0 aromatic heterocycles. The van der Waals surface area contributed by atoms with E-state index in [1.807, 2.05) is 0 Å². The molecule has 6 amide bonds. The highest BCUT2D eigenvalue weighted by molar-refractivity contribution is 6.07. The van der Waals surface area contributed by atoms with Crippen LogP contribution in [0.4, 0.5) is 21.0 Å². The second-order valence-electron chi connectivity index (χ2n) is 5.03. The van der Waals surface area contributed by atoms with Crippen molar-refractivity contribution in [2.75, 3.05) is 22.9 Å². The summed E-state index contributed by atoms with van der Waals surface area (Å²) in [4.78, 5) is 48.7. The number of anilines is 2. The molecule has 2 heterocycles. The number of carbonyl (C=O) groups excluding carboxylic acids is 4. The number of nitrogens with zero attached hydrogens (tertiary/aromatic N) is 2. The first-order chi connectivity index (χ1) is 10.5. The zero-order valence-corrected chi connectivity index (χ0v) is 11.7. The summed E-state index contributed by atoms with van der Waals surface area (Å²) in [6.07, 6.45) is 0.508.